The van der Waals surface area contributed by atoms with E-state index >= 15 is 0 Å². The third-order valence-corrected chi connectivity index (χ3v) is 2.68. The van der Waals surface area contributed by atoms with Gasteiger partial charge in [0.2, 0.25) is 0 Å². The summed E-state index contributed by atoms with van der Waals surface area (Å²) in [5.41, 5.74) is 0.0926. The first-order valence-electron chi connectivity index (χ1n) is 6.86. The summed E-state index contributed by atoms with van der Waals surface area (Å²) >= 11 is 0. The standard InChI is InChI=1S/C15H20O6/c1-4-11(15(18)20-6-3)21-12-8-7-10(14(16)17)9-13(12)19-5-2/h7-9,11H,4-6H2,1-3H3,(H,16,17). The predicted octanol–water partition coefficient (Wildman–Crippen LogP) is 2.50. The summed E-state index contributed by atoms with van der Waals surface area (Å²) in [6, 6.07) is 4.26. The maximum atomic E-state index is 11.7. The van der Waals surface area contributed by atoms with Gasteiger partial charge < -0.3 is 19.3 Å². The summed E-state index contributed by atoms with van der Waals surface area (Å²) in [6.07, 6.45) is -0.315. The fourth-order valence-electron chi connectivity index (χ4n) is 1.69. The van der Waals surface area contributed by atoms with Crippen molar-refractivity contribution in [3.8, 4) is 11.5 Å². The molecule has 0 radical (unpaired) electrons. The van der Waals surface area contributed by atoms with Crippen molar-refractivity contribution < 1.29 is 28.9 Å². The number of hydrogen-bond donors (Lipinski definition) is 1. The molecular formula is C15H20O6. The molecule has 0 bridgehead atoms. The second-order valence-corrected chi connectivity index (χ2v) is 4.17. The predicted molar refractivity (Wildman–Crippen MR) is 75.9 cm³/mol. The first kappa shape index (κ1) is 16.8. The molecule has 0 heterocycles. The molecule has 0 spiro atoms. The minimum atomic E-state index is -1.06. The summed E-state index contributed by atoms with van der Waals surface area (Å²) in [4.78, 5) is 22.7. The molecule has 0 aliphatic carbocycles. The molecule has 1 aromatic rings. The Labute approximate surface area is 123 Å². The van der Waals surface area contributed by atoms with Gasteiger partial charge in [0.05, 0.1) is 18.8 Å². The van der Waals surface area contributed by atoms with Crippen molar-refractivity contribution in [1.29, 1.82) is 0 Å². The minimum absolute atomic E-state index is 0.0926. The van der Waals surface area contributed by atoms with Crippen LogP contribution in [0.25, 0.3) is 0 Å². The Kier molecular flexibility index (Phi) is 6.52. The Bertz CT molecular complexity index is 497. The average molecular weight is 296 g/mol. The van der Waals surface area contributed by atoms with Crippen LogP contribution in [0.2, 0.25) is 0 Å². The van der Waals surface area contributed by atoms with Gasteiger partial charge in [0.25, 0.3) is 0 Å². The Morgan fingerprint density at radius 2 is 1.86 bits per heavy atom. The normalized spacial score (nSPS) is 11.6. The largest absolute Gasteiger partial charge is 0.490 e. The number of esters is 1. The van der Waals surface area contributed by atoms with Gasteiger partial charge in [-0.2, -0.15) is 0 Å². The van der Waals surface area contributed by atoms with Crippen LogP contribution in [-0.2, 0) is 9.53 Å². The van der Waals surface area contributed by atoms with E-state index in [0.29, 0.717) is 24.5 Å². The molecule has 6 nitrogen and oxygen atoms in total. The Morgan fingerprint density at radius 1 is 1.14 bits per heavy atom. The highest BCUT2D eigenvalue weighted by Gasteiger charge is 2.22. The van der Waals surface area contributed by atoms with Crippen molar-refractivity contribution in [3.05, 3.63) is 23.8 Å². The average Bonchev–Trinajstić information content (AvgIpc) is 2.46. The molecule has 0 saturated carbocycles. The SMILES string of the molecule is CCOC(=O)C(CC)Oc1ccc(C(=O)O)cc1OCC. The van der Waals surface area contributed by atoms with Crippen LogP contribution in [0.5, 0.6) is 11.5 Å². The number of carbonyl (C=O) groups excluding carboxylic acids is 1. The van der Waals surface area contributed by atoms with E-state index in [0.717, 1.165) is 0 Å². The van der Waals surface area contributed by atoms with Gasteiger partial charge in [-0.25, -0.2) is 9.59 Å². The zero-order chi connectivity index (χ0) is 15.8. The first-order valence-corrected chi connectivity index (χ1v) is 6.86. The van der Waals surface area contributed by atoms with Crippen molar-refractivity contribution >= 4 is 11.9 Å². The Hall–Kier alpha value is -2.24. The maximum Gasteiger partial charge on any atom is 0.347 e. The van der Waals surface area contributed by atoms with Gasteiger partial charge in [-0.15, -0.1) is 0 Å². The molecule has 1 atom stereocenters. The van der Waals surface area contributed by atoms with Gasteiger partial charge in [-0.3, -0.25) is 0 Å². The van der Waals surface area contributed by atoms with Gasteiger partial charge in [-0.1, -0.05) is 6.92 Å². The number of carboxylic acids is 1. The zero-order valence-electron chi connectivity index (χ0n) is 12.4. The van der Waals surface area contributed by atoms with E-state index in [4.69, 9.17) is 19.3 Å². The lowest BCUT2D eigenvalue weighted by molar-refractivity contribution is -0.151. The van der Waals surface area contributed by atoms with Crippen molar-refractivity contribution in [2.45, 2.75) is 33.3 Å². The number of carbonyl (C=O) groups is 2. The van der Waals surface area contributed by atoms with Gasteiger partial charge in [0.1, 0.15) is 0 Å². The van der Waals surface area contributed by atoms with Crippen LogP contribution in [-0.4, -0.2) is 36.4 Å². The Balaban J connectivity index is 2.99. The summed E-state index contributed by atoms with van der Waals surface area (Å²) in [6.45, 7) is 5.93. The first-order chi connectivity index (χ1) is 10.0. The van der Waals surface area contributed by atoms with E-state index in [1.54, 1.807) is 20.8 Å². The number of benzene rings is 1. The molecule has 0 aromatic heterocycles. The van der Waals surface area contributed by atoms with E-state index in [2.05, 4.69) is 0 Å². The monoisotopic (exact) mass is 296 g/mol. The lowest BCUT2D eigenvalue weighted by atomic mass is 10.2. The minimum Gasteiger partial charge on any atom is -0.490 e. The van der Waals surface area contributed by atoms with Crippen molar-refractivity contribution in [2.75, 3.05) is 13.2 Å². The summed E-state index contributed by atoms with van der Waals surface area (Å²) < 4.78 is 15.9. The zero-order valence-corrected chi connectivity index (χ0v) is 12.4. The molecule has 1 rings (SSSR count). The van der Waals surface area contributed by atoms with Crippen LogP contribution in [0, 0.1) is 0 Å². The number of aromatic carboxylic acids is 1. The lowest BCUT2D eigenvalue weighted by Gasteiger charge is -2.18. The molecule has 0 fully saturated rings. The van der Waals surface area contributed by atoms with Crippen LogP contribution < -0.4 is 9.47 Å². The second-order valence-electron chi connectivity index (χ2n) is 4.17. The molecule has 6 heteroatoms. The molecule has 0 aliphatic heterocycles. The van der Waals surface area contributed by atoms with Crippen molar-refractivity contribution in [2.24, 2.45) is 0 Å². The maximum absolute atomic E-state index is 11.7. The fourth-order valence-corrected chi connectivity index (χ4v) is 1.69. The van der Waals surface area contributed by atoms with Crippen molar-refractivity contribution in [3.63, 3.8) is 0 Å². The van der Waals surface area contributed by atoms with Gasteiger partial charge in [-0.05, 0) is 38.5 Å². The van der Waals surface area contributed by atoms with Crippen molar-refractivity contribution in [1.82, 2.24) is 0 Å². The molecule has 0 saturated heterocycles. The second kappa shape index (κ2) is 8.14. The molecule has 116 valence electrons. The van der Waals surface area contributed by atoms with E-state index < -0.39 is 18.0 Å². The molecule has 1 N–H and O–H groups in total. The van der Waals surface area contributed by atoms with Crippen LogP contribution in [0.3, 0.4) is 0 Å². The van der Waals surface area contributed by atoms with E-state index in [1.165, 1.54) is 18.2 Å². The fraction of sp³-hybridized carbons (Fsp3) is 0.467. The number of ether oxygens (including phenoxy) is 3. The third kappa shape index (κ3) is 4.66. The molecule has 1 aromatic carbocycles. The molecule has 1 unspecified atom stereocenters. The Morgan fingerprint density at radius 3 is 2.38 bits per heavy atom. The summed E-state index contributed by atoms with van der Waals surface area (Å²) in [5, 5.41) is 8.98. The van der Waals surface area contributed by atoms with E-state index in [9.17, 15) is 9.59 Å². The number of carboxylic acid groups (broad SMARTS) is 1. The summed E-state index contributed by atoms with van der Waals surface area (Å²) in [7, 11) is 0. The van der Waals surface area contributed by atoms with Gasteiger partial charge in [0, 0.05) is 0 Å². The lowest BCUT2D eigenvalue weighted by Crippen LogP contribution is -2.28. The number of hydrogen-bond acceptors (Lipinski definition) is 5. The highest BCUT2D eigenvalue weighted by atomic mass is 16.6. The highest BCUT2D eigenvalue weighted by molar-refractivity contribution is 5.88. The van der Waals surface area contributed by atoms with Crippen LogP contribution >= 0.6 is 0 Å². The molecule has 0 amide bonds. The number of rotatable bonds is 8. The van der Waals surface area contributed by atoms with E-state index in [1.807, 2.05) is 0 Å². The third-order valence-electron chi connectivity index (χ3n) is 2.68. The van der Waals surface area contributed by atoms with E-state index in [-0.39, 0.29) is 12.2 Å². The van der Waals surface area contributed by atoms with Crippen LogP contribution in [0.4, 0.5) is 0 Å². The molecule has 0 aliphatic rings. The van der Waals surface area contributed by atoms with Crippen LogP contribution in [0.1, 0.15) is 37.6 Å². The quantitative estimate of drug-likeness (QED) is 0.742. The molecule has 21 heavy (non-hydrogen) atoms. The molecular weight excluding hydrogens is 276 g/mol. The summed E-state index contributed by atoms with van der Waals surface area (Å²) in [5.74, 6) is -0.897. The smallest absolute Gasteiger partial charge is 0.347 e. The topological polar surface area (TPSA) is 82.1 Å². The highest BCUT2D eigenvalue weighted by Crippen LogP contribution is 2.30. The van der Waals surface area contributed by atoms with Gasteiger partial charge >= 0.3 is 11.9 Å². The van der Waals surface area contributed by atoms with Crippen LogP contribution in [0.15, 0.2) is 18.2 Å². The van der Waals surface area contributed by atoms with Gasteiger partial charge in [0.15, 0.2) is 17.6 Å².